The molecule has 2 aromatic carbocycles. The molecule has 0 aliphatic carbocycles. The van der Waals surface area contributed by atoms with Gasteiger partial charge in [-0.3, -0.25) is 0 Å². The van der Waals surface area contributed by atoms with Crippen LogP contribution in [-0.4, -0.2) is 15.0 Å². The van der Waals surface area contributed by atoms with Crippen molar-refractivity contribution >= 4 is 9.84 Å². The van der Waals surface area contributed by atoms with Crippen LogP contribution < -0.4 is 0 Å². The minimum atomic E-state index is -3.50. The Kier molecular flexibility index (Phi) is 6.20. The summed E-state index contributed by atoms with van der Waals surface area (Å²) in [6.07, 6.45) is 1.21. The molecule has 0 aliphatic rings. The van der Waals surface area contributed by atoms with Gasteiger partial charge in [0.1, 0.15) is 0 Å². The monoisotopic (exact) mass is 314 g/mol. The molecule has 0 fully saturated rings. The van der Waals surface area contributed by atoms with Crippen LogP contribution in [0.2, 0.25) is 0 Å². The molecule has 0 atom stereocenters. The molecule has 3 nitrogen and oxygen atoms in total. The van der Waals surface area contributed by atoms with Gasteiger partial charge in [-0.05, 0) is 24.1 Å². The van der Waals surface area contributed by atoms with Crippen molar-refractivity contribution in [2.24, 2.45) is 0 Å². The molecule has 0 aliphatic heterocycles. The highest BCUT2D eigenvalue weighted by Crippen LogP contribution is 2.08. The van der Waals surface area contributed by atoms with Crippen LogP contribution in [0.3, 0.4) is 0 Å². The normalized spacial score (nSPS) is 10.7. The van der Waals surface area contributed by atoms with Crippen LogP contribution in [0.15, 0.2) is 65.6 Å². The van der Waals surface area contributed by atoms with Gasteiger partial charge in [-0.2, -0.15) is 0 Å². The number of benzene rings is 2. The number of hydrogen-bond acceptors (Lipinski definition) is 3. The number of ether oxygens (including phenoxy) is 1. The highest BCUT2D eigenvalue weighted by atomic mass is 32.2. The molecular weight excluding hydrogens is 296 g/mol. The van der Waals surface area contributed by atoms with E-state index < -0.39 is 9.84 Å². The van der Waals surface area contributed by atoms with Crippen LogP contribution in [0.5, 0.6) is 0 Å². The zero-order chi connectivity index (χ0) is 15.7. The van der Waals surface area contributed by atoms with Crippen LogP contribution in [0.1, 0.15) is 18.4 Å². The molecule has 0 unspecified atom stereocenters. The lowest BCUT2D eigenvalue weighted by Gasteiger charge is -2.02. The summed E-state index contributed by atoms with van der Waals surface area (Å²) in [6, 6.07) is 18.2. The Morgan fingerprint density at radius 2 is 1.55 bits per heavy atom. The van der Waals surface area contributed by atoms with E-state index >= 15 is 0 Å². The average Bonchev–Trinajstić information content (AvgIpc) is 2.56. The van der Waals surface area contributed by atoms with Gasteiger partial charge in [0.2, 0.25) is 9.84 Å². The van der Waals surface area contributed by atoms with Crippen molar-refractivity contribution in [1.29, 1.82) is 0 Å². The van der Waals surface area contributed by atoms with Gasteiger partial charge in [0.25, 0.3) is 0 Å². The van der Waals surface area contributed by atoms with E-state index in [2.05, 4.69) is 11.2 Å². The molecule has 0 saturated heterocycles. The molecule has 22 heavy (non-hydrogen) atoms. The molecule has 2 aromatic rings. The van der Waals surface area contributed by atoms with E-state index in [-0.39, 0.29) is 4.90 Å². The second-order valence-corrected chi connectivity index (χ2v) is 6.42. The highest BCUT2D eigenvalue weighted by Gasteiger charge is 2.08. The van der Waals surface area contributed by atoms with Crippen molar-refractivity contribution in [2.45, 2.75) is 24.3 Å². The largest absolute Gasteiger partial charge is 0.377 e. The number of sulfone groups is 1. The molecule has 0 N–H and O–H groups in total. The van der Waals surface area contributed by atoms with Gasteiger partial charge in [0.15, 0.2) is 0 Å². The number of unbranched alkanes of at least 4 members (excludes halogenated alkanes) is 1. The fourth-order valence-corrected chi connectivity index (χ4v) is 2.76. The quantitative estimate of drug-likeness (QED) is 0.466. The van der Waals surface area contributed by atoms with E-state index in [0.717, 1.165) is 5.56 Å². The average molecular weight is 314 g/mol. The lowest BCUT2D eigenvalue weighted by Crippen LogP contribution is -1.97. The summed E-state index contributed by atoms with van der Waals surface area (Å²) >= 11 is 0. The third-order valence-corrected chi connectivity index (χ3v) is 4.27. The first-order valence-corrected chi connectivity index (χ1v) is 8.58. The second-order valence-electron chi connectivity index (χ2n) is 4.74. The van der Waals surface area contributed by atoms with Gasteiger partial charge < -0.3 is 4.74 Å². The Morgan fingerprint density at radius 1 is 0.909 bits per heavy atom. The summed E-state index contributed by atoms with van der Waals surface area (Å²) < 4.78 is 29.3. The summed E-state index contributed by atoms with van der Waals surface area (Å²) in [5, 5.41) is 2.35. The Morgan fingerprint density at radius 3 is 2.23 bits per heavy atom. The molecule has 0 amide bonds. The third-order valence-electron chi connectivity index (χ3n) is 2.96. The van der Waals surface area contributed by atoms with Gasteiger partial charge in [0.05, 0.1) is 11.5 Å². The fourth-order valence-electron chi connectivity index (χ4n) is 1.83. The maximum Gasteiger partial charge on any atom is 0.245 e. The molecule has 0 heterocycles. The van der Waals surface area contributed by atoms with Crippen LogP contribution in [-0.2, 0) is 21.2 Å². The fraction of sp³-hybridized carbons (Fsp3) is 0.222. The lowest BCUT2D eigenvalue weighted by atomic mass is 10.2. The van der Waals surface area contributed by atoms with Gasteiger partial charge >= 0.3 is 0 Å². The van der Waals surface area contributed by atoms with Crippen LogP contribution in [0, 0.1) is 11.2 Å². The van der Waals surface area contributed by atoms with Crippen LogP contribution in [0.25, 0.3) is 0 Å². The third kappa shape index (κ3) is 5.36. The standard InChI is InChI=1S/C18H18O3S/c19-22(20,18-12-6-2-7-13-18)15-9-3-8-14-21-16-17-10-4-1-5-11-17/h1-2,4-7,10-13H,3,8,14,16H2. The predicted molar refractivity (Wildman–Crippen MR) is 86.7 cm³/mol. The number of rotatable bonds is 6. The van der Waals surface area contributed by atoms with Crippen molar-refractivity contribution < 1.29 is 13.2 Å². The minimum Gasteiger partial charge on any atom is -0.377 e. The van der Waals surface area contributed by atoms with Crippen molar-refractivity contribution in [3.05, 3.63) is 66.2 Å². The molecule has 0 aromatic heterocycles. The molecule has 4 heteroatoms. The number of hydrogen-bond donors (Lipinski definition) is 0. The topological polar surface area (TPSA) is 43.4 Å². The Labute approximate surface area is 131 Å². The first kappa shape index (κ1) is 16.3. The Hall–Kier alpha value is -2.09. The zero-order valence-electron chi connectivity index (χ0n) is 12.2. The van der Waals surface area contributed by atoms with Gasteiger partial charge in [-0.25, -0.2) is 8.42 Å². The maximum absolute atomic E-state index is 11.9. The minimum absolute atomic E-state index is 0.239. The van der Waals surface area contributed by atoms with Gasteiger partial charge in [-0.15, -0.1) is 0 Å². The lowest BCUT2D eigenvalue weighted by molar-refractivity contribution is 0.119. The Bertz CT molecular complexity index is 726. The molecule has 114 valence electrons. The molecule has 0 radical (unpaired) electrons. The van der Waals surface area contributed by atoms with Gasteiger partial charge in [-0.1, -0.05) is 54.5 Å². The highest BCUT2D eigenvalue weighted by molar-refractivity contribution is 7.96. The first-order chi connectivity index (χ1) is 10.7. The van der Waals surface area contributed by atoms with E-state index in [0.29, 0.717) is 26.1 Å². The smallest absolute Gasteiger partial charge is 0.245 e. The van der Waals surface area contributed by atoms with E-state index in [9.17, 15) is 8.42 Å². The summed E-state index contributed by atoms with van der Waals surface area (Å²) in [5.74, 6) is 2.70. The van der Waals surface area contributed by atoms with E-state index in [1.54, 1.807) is 30.3 Å². The van der Waals surface area contributed by atoms with Crippen molar-refractivity contribution in [3.63, 3.8) is 0 Å². The van der Waals surface area contributed by atoms with Crippen molar-refractivity contribution in [2.75, 3.05) is 6.61 Å². The molecular formula is C18H18O3S. The zero-order valence-corrected chi connectivity index (χ0v) is 13.1. The molecule has 0 bridgehead atoms. The summed E-state index contributed by atoms with van der Waals surface area (Å²) in [4.78, 5) is 0.239. The van der Waals surface area contributed by atoms with Crippen LogP contribution >= 0.6 is 0 Å². The molecule has 0 saturated carbocycles. The van der Waals surface area contributed by atoms with Crippen molar-refractivity contribution in [3.8, 4) is 11.2 Å². The van der Waals surface area contributed by atoms with Gasteiger partial charge in [0, 0.05) is 18.3 Å². The second kappa shape index (κ2) is 8.38. The van der Waals surface area contributed by atoms with E-state index in [1.165, 1.54) is 0 Å². The first-order valence-electron chi connectivity index (χ1n) is 7.10. The van der Waals surface area contributed by atoms with E-state index in [4.69, 9.17) is 4.74 Å². The maximum atomic E-state index is 11.9. The predicted octanol–water partition coefficient (Wildman–Crippen LogP) is 3.42. The summed E-state index contributed by atoms with van der Waals surface area (Å²) in [7, 11) is -3.50. The van der Waals surface area contributed by atoms with Crippen molar-refractivity contribution in [1.82, 2.24) is 0 Å². The van der Waals surface area contributed by atoms with E-state index in [1.807, 2.05) is 30.3 Å². The SMILES string of the molecule is O=S(=O)(C#CCCCOCc1ccccc1)c1ccccc1. The Balaban J connectivity index is 1.71. The molecule has 0 spiro atoms. The summed E-state index contributed by atoms with van der Waals surface area (Å²) in [5.41, 5.74) is 1.13. The summed E-state index contributed by atoms with van der Waals surface area (Å²) in [6.45, 7) is 1.13. The molecule has 2 rings (SSSR count). The van der Waals surface area contributed by atoms with Crippen LogP contribution in [0.4, 0.5) is 0 Å².